The van der Waals surface area contributed by atoms with Gasteiger partial charge in [0.25, 0.3) is 0 Å². The lowest BCUT2D eigenvalue weighted by Gasteiger charge is -2.43. The molecule has 0 bridgehead atoms. The van der Waals surface area contributed by atoms with Crippen LogP contribution < -0.4 is 5.32 Å². The molecule has 4 heteroatoms. The summed E-state index contributed by atoms with van der Waals surface area (Å²) in [6.07, 6.45) is 7.79. The molecule has 1 N–H and O–H groups in total. The van der Waals surface area contributed by atoms with Gasteiger partial charge in [0.05, 0.1) is 6.04 Å². The fourth-order valence-corrected chi connectivity index (χ4v) is 2.59. The summed E-state index contributed by atoms with van der Waals surface area (Å²) in [5.74, 6) is 2.60. The van der Waals surface area contributed by atoms with Crippen LogP contribution in [0.5, 0.6) is 0 Å². The molecule has 0 aromatic heterocycles. The normalized spacial score (nSPS) is 25.2. The highest BCUT2D eigenvalue weighted by atomic mass is 16.2. The fourth-order valence-electron chi connectivity index (χ4n) is 2.59. The maximum absolute atomic E-state index is 12.5. The zero-order chi connectivity index (χ0) is 14.6. The number of hydrogen-bond donors (Lipinski definition) is 1. The van der Waals surface area contributed by atoms with E-state index in [1.54, 1.807) is 4.90 Å². The number of nitrogens with one attached hydrogen (secondary N) is 1. The average molecular weight is 264 g/mol. The Kier molecular flexibility index (Phi) is 5.41. The average Bonchev–Trinajstić information content (AvgIpc) is 2.37. The molecule has 3 atom stereocenters. The molecule has 0 aromatic rings. The van der Waals surface area contributed by atoms with Crippen molar-refractivity contribution in [3.05, 3.63) is 0 Å². The van der Waals surface area contributed by atoms with Gasteiger partial charge in [-0.05, 0) is 18.8 Å². The Labute approximate surface area is 115 Å². The highest BCUT2D eigenvalue weighted by molar-refractivity contribution is 5.97. The molecule has 106 valence electrons. The lowest BCUT2D eigenvalue weighted by molar-refractivity contribution is -0.153. The van der Waals surface area contributed by atoms with Gasteiger partial charge < -0.3 is 10.2 Å². The van der Waals surface area contributed by atoms with Crippen molar-refractivity contribution in [1.29, 1.82) is 0 Å². The summed E-state index contributed by atoms with van der Waals surface area (Å²) < 4.78 is 0. The third-order valence-corrected chi connectivity index (χ3v) is 3.57. The van der Waals surface area contributed by atoms with E-state index in [4.69, 9.17) is 6.42 Å². The number of piperazine rings is 1. The maximum Gasteiger partial charge on any atom is 0.246 e. The van der Waals surface area contributed by atoms with Gasteiger partial charge in [0, 0.05) is 0 Å². The van der Waals surface area contributed by atoms with E-state index in [2.05, 4.69) is 11.2 Å². The van der Waals surface area contributed by atoms with Crippen LogP contribution in [0.1, 0.15) is 47.0 Å². The van der Waals surface area contributed by atoms with E-state index in [9.17, 15) is 9.59 Å². The summed E-state index contributed by atoms with van der Waals surface area (Å²) >= 11 is 0. The summed E-state index contributed by atoms with van der Waals surface area (Å²) in [5.41, 5.74) is 0. The van der Waals surface area contributed by atoms with Crippen LogP contribution in [0.25, 0.3) is 0 Å². The Balaban J connectivity index is 3.12. The molecule has 2 amide bonds. The molecular formula is C15H24N2O2. The van der Waals surface area contributed by atoms with Crippen molar-refractivity contribution in [2.75, 3.05) is 0 Å². The number of rotatable bonds is 5. The van der Waals surface area contributed by atoms with Crippen molar-refractivity contribution in [3.63, 3.8) is 0 Å². The SMILES string of the molecule is C#CC(CCC)N1C(=O)C(CC)NC(=O)C1C(C)C. The lowest BCUT2D eigenvalue weighted by Crippen LogP contribution is -2.66. The first kappa shape index (κ1) is 15.6. The van der Waals surface area contributed by atoms with E-state index in [0.29, 0.717) is 6.42 Å². The molecule has 1 heterocycles. The molecule has 0 radical (unpaired) electrons. The second kappa shape index (κ2) is 6.60. The van der Waals surface area contributed by atoms with Crippen molar-refractivity contribution in [2.24, 2.45) is 5.92 Å². The number of carbonyl (C=O) groups excluding carboxylic acids is 2. The van der Waals surface area contributed by atoms with Crippen LogP contribution in [-0.4, -0.2) is 34.8 Å². The van der Waals surface area contributed by atoms with Crippen molar-refractivity contribution in [2.45, 2.75) is 65.1 Å². The Morgan fingerprint density at radius 2 is 2.00 bits per heavy atom. The van der Waals surface area contributed by atoms with E-state index in [0.717, 1.165) is 12.8 Å². The smallest absolute Gasteiger partial charge is 0.246 e. The molecule has 3 unspecified atom stereocenters. The number of amides is 2. The predicted octanol–water partition coefficient (Wildman–Crippen LogP) is 1.55. The third-order valence-electron chi connectivity index (χ3n) is 3.57. The van der Waals surface area contributed by atoms with Crippen molar-refractivity contribution < 1.29 is 9.59 Å². The van der Waals surface area contributed by atoms with Gasteiger partial charge in [0.2, 0.25) is 11.8 Å². The van der Waals surface area contributed by atoms with E-state index in [1.807, 2.05) is 27.7 Å². The van der Waals surface area contributed by atoms with E-state index in [-0.39, 0.29) is 23.8 Å². The molecule has 1 aliphatic heterocycles. The Morgan fingerprint density at radius 1 is 1.37 bits per heavy atom. The fraction of sp³-hybridized carbons (Fsp3) is 0.733. The number of carbonyl (C=O) groups is 2. The van der Waals surface area contributed by atoms with Crippen LogP contribution >= 0.6 is 0 Å². The van der Waals surface area contributed by atoms with Gasteiger partial charge in [0.1, 0.15) is 12.1 Å². The van der Waals surface area contributed by atoms with Gasteiger partial charge in [-0.25, -0.2) is 0 Å². The van der Waals surface area contributed by atoms with E-state index < -0.39 is 12.1 Å². The summed E-state index contributed by atoms with van der Waals surface area (Å²) in [7, 11) is 0. The first-order valence-corrected chi connectivity index (χ1v) is 7.06. The Morgan fingerprint density at radius 3 is 2.42 bits per heavy atom. The van der Waals surface area contributed by atoms with E-state index in [1.165, 1.54) is 0 Å². The van der Waals surface area contributed by atoms with Crippen LogP contribution in [0.15, 0.2) is 0 Å². The van der Waals surface area contributed by atoms with Gasteiger partial charge in [-0.2, -0.15) is 0 Å². The van der Waals surface area contributed by atoms with Gasteiger partial charge in [-0.3, -0.25) is 9.59 Å². The molecule has 19 heavy (non-hydrogen) atoms. The molecule has 1 rings (SSSR count). The molecule has 0 aromatic carbocycles. The number of terminal acetylenes is 1. The maximum atomic E-state index is 12.5. The molecule has 1 aliphatic rings. The van der Waals surface area contributed by atoms with Crippen LogP contribution in [0.3, 0.4) is 0 Å². The second-order valence-electron chi connectivity index (χ2n) is 5.37. The van der Waals surface area contributed by atoms with Gasteiger partial charge in [-0.15, -0.1) is 6.42 Å². The Hall–Kier alpha value is -1.50. The summed E-state index contributed by atoms with van der Waals surface area (Å²) in [4.78, 5) is 26.4. The lowest BCUT2D eigenvalue weighted by atomic mass is 9.93. The number of nitrogens with zero attached hydrogens (tertiary/aromatic N) is 1. The summed E-state index contributed by atoms with van der Waals surface area (Å²) in [6.45, 7) is 7.80. The van der Waals surface area contributed by atoms with Crippen LogP contribution in [0.4, 0.5) is 0 Å². The van der Waals surface area contributed by atoms with Crippen molar-refractivity contribution in [1.82, 2.24) is 10.2 Å². The molecule has 1 fully saturated rings. The molecule has 0 saturated carbocycles. The van der Waals surface area contributed by atoms with Crippen LogP contribution in [0.2, 0.25) is 0 Å². The minimum Gasteiger partial charge on any atom is -0.343 e. The van der Waals surface area contributed by atoms with Crippen LogP contribution in [0, 0.1) is 18.3 Å². The standard InChI is InChI=1S/C15H24N2O2/c1-6-9-11(7-2)17-13(10(4)5)14(18)16-12(8-3)15(17)19/h2,10-13H,6,8-9H2,1,3-5H3,(H,16,18). The van der Waals surface area contributed by atoms with Crippen molar-refractivity contribution >= 4 is 11.8 Å². The third kappa shape index (κ3) is 3.09. The first-order chi connectivity index (χ1) is 8.97. The zero-order valence-electron chi connectivity index (χ0n) is 12.3. The Bertz CT molecular complexity index is 384. The van der Waals surface area contributed by atoms with Gasteiger partial charge in [0.15, 0.2) is 0 Å². The number of hydrogen-bond acceptors (Lipinski definition) is 2. The topological polar surface area (TPSA) is 49.4 Å². The summed E-state index contributed by atoms with van der Waals surface area (Å²) in [5, 5.41) is 2.80. The minimum absolute atomic E-state index is 0.0443. The second-order valence-corrected chi connectivity index (χ2v) is 5.37. The van der Waals surface area contributed by atoms with Gasteiger partial charge in [-0.1, -0.05) is 40.0 Å². The highest BCUT2D eigenvalue weighted by Gasteiger charge is 2.43. The highest BCUT2D eigenvalue weighted by Crippen LogP contribution is 2.23. The van der Waals surface area contributed by atoms with Crippen molar-refractivity contribution in [3.8, 4) is 12.3 Å². The molecule has 0 aliphatic carbocycles. The quantitative estimate of drug-likeness (QED) is 0.766. The van der Waals surface area contributed by atoms with Crippen LogP contribution in [-0.2, 0) is 9.59 Å². The minimum atomic E-state index is -0.456. The van der Waals surface area contributed by atoms with Gasteiger partial charge >= 0.3 is 0 Å². The zero-order valence-corrected chi connectivity index (χ0v) is 12.3. The monoisotopic (exact) mass is 264 g/mol. The summed E-state index contributed by atoms with van der Waals surface area (Å²) in [6, 6.07) is -1.18. The first-order valence-electron chi connectivity index (χ1n) is 7.06. The molecular weight excluding hydrogens is 240 g/mol. The molecule has 4 nitrogen and oxygen atoms in total. The van der Waals surface area contributed by atoms with E-state index >= 15 is 0 Å². The predicted molar refractivity (Wildman–Crippen MR) is 75.2 cm³/mol. The molecule has 1 saturated heterocycles. The largest absolute Gasteiger partial charge is 0.343 e. The molecule has 0 spiro atoms.